The molecule has 3 nitrogen and oxygen atoms in total. The fourth-order valence-corrected chi connectivity index (χ4v) is 3.07. The van der Waals surface area contributed by atoms with Crippen LogP contribution in [0, 0.1) is 5.92 Å². The fraction of sp³-hybridized carbons (Fsp3) is 0.500. The van der Waals surface area contributed by atoms with Crippen molar-refractivity contribution < 1.29 is 4.79 Å². The highest BCUT2D eigenvalue weighted by Gasteiger charge is 2.36. The van der Waals surface area contributed by atoms with Crippen molar-refractivity contribution in [3.63, 3.8) is 0 Å². The summed E-state index contributed by atoms with van der Waals surface area (Å²) in [6.07, 6.45) is 3.21. The van der Waals surface area contributed by atoms with Gasteiger partial charge in [-0.05, 0) is 37.4 Å². The zero-order valence-corrected chi connectivity index (χ0v) is 11.4. The molecule has 0 aromatic heterocycles. The number of para-hydroxylation sites is 1. The van der Waals surface area contributed by atoms with Crippen molar-refractivity contribution in [1.82, 2.24) is 5.32 Å². The molecule has 0 aliphatic carbocycles. The normalized spacial score (nSPS) is 26.7. The molecule has 1 fully saturated rings. The maximum atomic E-state index is 12.4. The number of halogens is 1. The van der Waals surface area contributed by atoms with Crippen LogP contribution in [0.3, 0.4) is 0 Å². The second kappa shape index (κ2) is 5.29. The highest BCUT2D eigenvalue weighted by molar-refractivity contribution is 5.98. The van der Waals surface area contributed by atoms with Crippen LogP contribution in [0.2, 0.25) is 0 Å². The van der Waals surface area contributed by atoms with Crippen LogP contribution in [0.1, 0.15) is 18.4 Å². The summed E-state index contributed by atoms with van der Waals surface area (Å²) in [4.78, 5) is 14.2. The van der Waals surface area contributed by atoms with Crippen molar-refractivity contribution in [2.75, 3.05) is 18.5 Å². The van der Waals surface area contributed by atoms with Gasteiger partial charge >= 0.3 is 0 Å². The Kier molecular flexibility index (Phi) is 3.93. The highest BCUT2D eigenvalue weighted by atomic mass is 35.5. The third kappa shape index (κ3) is 2.13. The first-order chi connectivity index (χ1) is 8.27. The third-order valence-corrected chi connectivity index (χ3v) is 4.02. The molecule has 0 radical (unpaired) electrons. The molecule has 2 aliphatic rings. The number of hydrogen-bond acceptors (Lipinski definition) is 2. The van der Waals surface area contributed by atoms with Gasteiger partial charge in [0, 0.05) is 18.8 Å². The van der Waals surface area contributed by atoms with E-state index < -0.39 is 0 Å². The van der Waals surface area contributed by atoms with Gasteiger partial charge in [0.1, 0.15) is 0 Å². The summed E-state index contributed by atoms with van der Waals surface area (Å²) in [6, 6.07) is 8.60. The monoisotopic (exact) mass is 266 g/mol. The number of nitrogens with zero attached hydrogens (tertiary/aromatic N) is 1. The lowest BCUT2D eigenvalue weighted by Gasteiger charge is -2.34. The largest absolute Gasteiger partial charge is 0.315 e. The number of carbonyl (C=O) groups is 1. The summed E-state index contributed by atoms with van der Waals surface area (Å²) >= 11 is 0. The standard InChI is InChI=1S/C14H18N2O.ClH/c1-16-13-7-3-2-5-10(13)9-11(14(16)17)12-6-4-8-15-12;/h2-3,5,7,11-12,15H,4,6,8-9H2,1H3;1H. The second-order valence-electron chi connectivity index (χ2n) is 5.04. The first-order valence-electron chi connectivity index (χ1n) is 6.36. The smallest absolute Gasteiger partial charge is 0.231 e. The van der Waals surface area contributed by atoms with Crippen LogP contribution in [0.5, 0.6) is 0 Å². The lowest BCUT2D eigenvalue weighted by atomic mass is 9.86. The van der Waals surface area contributed by atoms with Crippen LogP contribution in [0.4, 0.5) is 5.69 Å². The van der Waals surface area contributed by atoms with Crippen molar-refractivity contribution in [3.05, 3.63) is 29.8 Å². The second-order valence-corrected chi connectivity index (χ2v) is 5.04. The SMILES string of the molecule is CN1C(=O)C(C2CCCN2)Cc2ccccc21.Cl. The summed E-state index contributed by atoms with van der Waals surface area (Å²) in [5.74, 6) is 0.389. The molecule has 1 amide bonds. The van der Waals surface area contributed by atoms with Gasteiger partial charge in [0.15, 0.2) is 0 Å². The molecule has 2 heterocycles. The quantitative estimate of drug-likeness (QED) is 0.843. The molecule has 2 unspecified atom stereocenters. The van der Waals surface area contributed by atoms with Crippen LogP contribution in [-0.4, -0.2) is 25.5 Å². The van der Waals surface area contributed by atoms with Crippen molar-refractivity contribution in [2.45, 2.75) is 25.3 Å². The first-order valence-corrected chi connectivity index (χ1v) is 6.36. The molecular formula is C14H19ClN2O. The van der Waals surface area contributed by atoms with Crippen molar-refractivity contribution in [3.8, 4) is 0 Å². The van der Waals surface area contributed by atoms with Gasteiger partial charge in [-0.2, -0.15) is 0 Å². The van der Waals surface area contributed by atoms with E-state index in [0.717, 1.165) is 25.1 Å². The Labute approximate surface area is 114 Å². The maximum Gasteiger partial charge on any atom is 0.231 e. The molecule has 0 saturated carbocycles. The zero-order valence-electron chi connectivity index (χ0n) is 10.6. The summed E-state index contributed by atoms with van der Waals surface area (Å²) < 4.78 is 0. The van der Waals surface area contributed by atoms with E-state index in [9.17, 15) is 4.79 Å². The summed E-state index contributed by atoms with van der Waals surface area (Å²) in [7, 11) is 1.89. The summed E-state index contributed by atoms with van der Waals surface area (Å²) in [6.45, 7) is 1.06. The molecule has 2 aliphatic heterocycles. The molecule has 1 aromatic carbocycles. The molecule has 1 aromatic rings. The molecule has 0 bridgehead atoms. The molecule has 3 rings (SSSR count). The van der Waals surface area contributed by atoms with E-state index in [1.807, 2.05) is 24.1 Å². The number of rotatable bonds is 1. The van der Waals surface area contributed by atoms with E-state index in [1.54, 1.807) is 0 Å². The van der Waals surface area contributed by atoms with Crippen LogP contribution in [-0.2, 0) is 11.2 Å². The molecule has 1 N–H and O–H groups in total. The first kappa shape index (κ1) is 13.4. The van der Waals surface area contributed by atoms with Gasteiger partial charge in [0.25, 0.3) is 0 Å². The minimum atomic E-state index is 0. The van der Waals surface area contributed by atoms with Crippen LogP contribution in [0.15, 0.2) is 24.3 Å². The predicted octanol–water partition coefficient (Wildman–Crippen LogP) is 2.00. The number of nitrogens with one attached hydrogen (secondary N) is 1. The van der Waals surface area contributed by atoms with Gasteiger partial charge < -0.3 is 10.2 Å². The lowest BCUT2D eigenvalue weighted by Crippen LogP contribution is -2.46. The Morgan fingerprint density at radius 2 is 2.11 bits per heavy atom. The Morgan fingerprint density at radius 3 is 2.83 bits per heavy atom. The summed E-state index contributed by atoms with van der Waals surface area (Å²) in [5.41, 5.74) is 2.38. The molecule has 4 heteroatoms. The van der Waals surface area contributed by atoms with Crippen molar-refractivity contribution >= 4 is 24.0 Å². The average molecular weight is 267 g/mol. The van der Waals surface area contributed by atoms with Crippen LogP contribution < -0.4 is 10.2 Å². The van der Waals surface area contributed by atoms with E-state index in [2.05, 4.69) is 17.4 Å². The van der Waals surface area contributed by atoms with Crippen LogP contribution in [0.25, 0.3) is 0 Å². The minimum absolute atomic E-state index is 0. The van der Waals surface area contributed by atoms with Crippen molar-refractivity contribution in [1.29, 1.82) is 0 Å². The average Bonchev–Trinajstić information content (AvgIpc) is 2.87. The van der Waals surface area contributed by atoms with Crippen LogP contribution >= 0.6 is 12.4 Å². The number of hydrogen-bond donors (Lipinski definition) is 1. The van der Waals surface area contributed by atoms with Gasteiger partial charge in [-0.25, -0.2) is 0 Å². The van der Waals surface area contributed by atoms with E-state index >= 15 is 0 Å². The van der Waals surface area contributed by atoms with Gasteiger partial charge in [-0.15, -0.1) is 12.4 Å². The molecular weight excluding hydrogens is 248 g/mol. The Balaban J connectivity index is 0.00000120. The fourth-order valence-electron chi connectivity index (χ4n) is 3.07. The lowest BCUT2D eigenvalue weighted by molar-refractivity contribution is -0.123. The summed E-state index contributed by atoms with van der Waals surface area (Å²) in [5, 5.41) is 3.46. The topological polar surface area (TPSA) is 32.3 Å². The number of anilines is 1. The number of benzene rings is 1. The van der Waals surface area contributed by atoms with E-state index in [-0.39, 0.29) is 24.2 Å². The molecule has 2 atom stereocenters. The molecule has 98 valence electrons. The third-order valence-electron chi connectivity index (χ3n) is 4.02. The number of fused-ring (bicyclic) bond motifs is 1. The maximum absolute atomic E-state index is 12.4. The van der Waals surface area contributed by atoms with Gasteiger partial charge in [0.05, 0.1) is 5.92 Å². The van der Waals surface area contributed by atoms with Gasteiger partial charge in [-0.1, -0.05) is 18.2 Å². The van der Waals surface area contributed by atoms with Crippen molar-refractivity contribution in [2.24, 2.45) is 5.92 Å². The zero-order chi connectivity index (χ0) is 11.8. The number of amides is 1. The Hall–Kier alpha value is -1.06. The minimum Gasteiger partial charge on any atom is -0.315 e. The Morgan fingerprint density at radius 1 is 1.33 bits per heavy atom. The highest BCUT2D eigenvalue weighted by Crippen LogP contribution is 2.32. The Bertz CT molecular complexity index is 443. The van der Waals surface area contributed by atoms with Gasteiger partial charge in [-0.3, -0.25) is 4.79 Å². The number of carbonyl (C=O) groups excluding carboxylic acids is 1. The predicted molar refractivity (Wildman–Crippen MR) is 75.3 cm³/mol. The van der Waals surface area contributed by atoms with E-state index in [0.29, 0.717) is 6.04 Å². The molecule has 18 heavy (non-hydrogen) atoms. The van der Waals surface area contributed by atoms with E-state index in [4.69, 9.17) is 0 Å². The molecule has 1 saturated heterocycles. The van der Waals surface area contributed by atoms with Gasteiger partial charge in [0.2, 0.25) is 5.91 Å². The van der Waals surface area contributed by atoms with E-state index in [1.165, 1.54) is 12.0 Å². The molecule has 0 spiro atoms.